The molecule has 0 aliphatic carbocycles. The maximum absolute atomic E-state index is 11.1. The van der Waals surface area contributed by atoms with Crippen molar-refractivity contribution in [1.29, 1.82) is 0 Å². The van der Waals surface area contributed by atoms with Gasteiger partial charge in [-0.15, -0.1) is 0 Å². The summed E-state index contributed by atoms with van der Waals surface area (Å²) in [6.07, 6.45) is 22.7. The topological polar surface area (TPSA) is 43.1 Å². The molecule has 0 aliphatic heterocycles. The zero-order valence-electron chi connectivity index (χ0n) is 13.9. The highest BCUT2D eigenvalue weighted by molar-refractivity contribution is 5.95. The minimum absolute atomic E-state index is 0.374. The predicted molar refractivity (Wildman–Crippen MR) is 93.1 cm³/mol. The maximum Gasteiger partial charge on any atom is 0.248 e. The molecule has 0 heterocycles. The van der Waals surface area contributed by atoms with Crippen molar-refractivity contribution in [3.05, 3.63) is 36.0 Å². The van der Waals surface area contributed by atoms with Gasteiger partial charge in [0.2, 0.25) is 5.91 Å². The second kappa shape index (κ2) is 15.1. The van der Waals surface area contributed by atoms with Crippen LogP contribution < -0.4 is 5.73 Å². The highest BCUT2D eigenvalue weighted by atomic mass is 16.1. The summed E-state index contributed by atoms with van der Waals surface area (Å²) in [5.41, 5.74) is 5.83. The first-order valence-corrected chi connectivity index (χ1v) is 8.51. The largest absolute Gasteiger partial charge is 0.366 e. The van der Waals surface area contributed by atoms with E-state index in [0.717, 1.165) is 6.42 Å². The monoisotopic (exact) mass is 291 g/mol. The third-order valence-electron chi connectivity index (χ3n) is 3.52. The van der Waals surface area contributed by atoms with E-state index in [0.29, 0.717) is 5.57 Å². The van der Waals surface area contributed by atoms with Crippen LogP contribution in [-0.4, -0.2) is 5.91 Å². The number of unbranched alkanes of at least 4 members (excludes halogenated alkanes) is 9. The van der Waals surface area contributed by atoms with E-state index in [1.165, 1.54) is 57.8 Å². The quantitative estimate of drug-likeness (QED) is 0.273. The van der Waals surface area contributed by atoms with Gasteiger partial charge in [-0.1, -0.05) is 82.6 Å². The zero-order valence-corrected chi connectivity index (χ0v) is 13.9. The fourth-order valence-electron chi connectivity index (χ4n) is 2.24. The van der Waals surface area contributed by atoms with E-state index < -0.39 is 0 Å². The standard InChI is InChI=1S/C19H33NO/c1-3-5-6-7-8-9-10-11-12-13-14-15-17-18(16-4-2)19(20)21/h4,14-17H,3,5-13H2,1-2H3,(H2,20,21)/b15-14+,16-4+,18-17-. The van der Waals surface area contributed by atoms with Crippen LogP contribution in [0, 0.1) is 0 Å². The Balaban J connectivity index is 3.56. The summed E-state index contributed by atoms with van der Waals surface area (Å²) >= 11 is 0. The van der Waals surface area contributed by atoms with E-state index in [4.69, 9.17) is 5.73 Å². The summed E-state index contributed by atoms with van der Waals surface area (Å²) < 4.78 is 0. The van der Waals surface area contributed by atoms with Crippen LogP contribution in [-0.2, 0) is 4.79 Å². The van der Waals surface area contributed by atoms with Crippen molar-refractivity contribution >= 4 is 5.91 Å². The van der Waals surface area contributed by atoms with E-state index in [9.17, 15) is 4.79 Å². The van der Waals surface area contributed by atoms with Crippen LogP contribution in [0.25, 0.3) is 0 Å². The Labute approximate surface area is 131 Å². The lowest BCUT2D eigenvalue weighted by atomic mass is 10.1. The number of carbonyl (C=O) groups is 1. The van der Waals surface area contributed by atoms with Crippen molar-refractivity contribution in [1.82, 2.24) is 0 Å². The molecule has 0 saturated carbocycles. The number of allylic oxidation sites excluding steroid dienone is 4. The fraction of sp³-hybridized carbons (Fsp3) is 0.632. The van der Waals surface area contributed by atoms with Crippen molar-refractivity contribution in [2.45, 2.75) is 78.1 Å². The lowest BCUT2D eigenvalue weighted by Gasteiger charge is -2.00. The SMILES string of the molecule is C/C=C/C(=C/C=C/CCCCCCCCCCC)C(N)=O. The Hall–Kier alpha value is -1.31. The van der Waals surface area contributed by atoms with Crippen LogP contribution in [0.5, 0.6) is 0 Å². The first kappa shape index (κ1) is 19.7. The maximum atomic E-state index is 11.1. The van der Waals surface area contributed by atoms with Gasteiger partial charge in [0.25, 0.3) is 0 Å². The first-order valence-electron chi connectivity index (χ1n) is 8.51. The van der Waals surface area contributed by atoms with Gasteiger partial charge in [-0.2, -0.15) is 0 Å². The highest BCUT2D eigenvalue weighted by Gasteiger charge is 1.96. The molecule has 0 aliphatic rings. The molecule has 0 rings (SSSR count). The number of hydrogen-bond donors (Lipinski definition) is 1. The third kappa shape index (κ3) is 13.4. The Bertz CT molecular complexity index is 339. The summed E-state index contributed by atoms with van der Waals surface area (Å²) in [6.45, 7) is 4.14. The summed E-state index contributed by atoms with van der Waals surface area (Å²) in [5, 5.41) is 0. The van der Waals surface area contributed by atoms with Crippen LogP contribution in [0.15, 0.2) is 36.0 Å². The summed E-state index contributed by atoms with van der Waals surface area (Å²) in [7, 11) is 0. The lowest BCUT2D eigenvalue weighted by molar-refractivity contribution is -0.114. The molecular weight excluding hydrogens is 258 g/mol. The molecule has 0 aromatic carbocycles. The van der Waals surface area contributed by atoms with E-state index in [2.05, 4.69) is 13.0 Å². The van der Waals surface area contributed by atoms with Gasteiger partial charge in [0.15, 0.2) is 0 Å². The molecule has 0 saturated heterocycles. The summed E-state index contributed by atoms with van der Waals surface area (Å²) in [4.78, 5) is 11.1. The lowest BCUT2D eigenvalue weighted by Crippen LogP contribution is -2.12. The zero-order chi connectivity index (χ0) is 15.8. The van der Waals surface area contributed by atoms with Crippen molar-refractivity contribution in [3.8, 4) is 0 Å². The molecule has 0 fully saturated rings. The average molecular weight is 291 g/mol. The van der Waals surface area contributed by atoms with Gasteiger partial charge in [-0.25, -0.2) is 0 Å². The van der Waals surface area contributed by atoms with Gasteiger partial charge in [0, 0.05) is 5.57 Å². The Morgan fingerprint density at radius 2 is 1.52 bits per heavy atom. The fourth-order valence-corrected chi connectivity index (χ4v) is 2.24. The number of amides is 1. The average Bonchev–Trinajstić information content (AvgIpc) is 2.47. The number of rotatable bonds is 13. The third-order valence-corrected chi connectivity index (χ3v) is 3.52. The minimum atomic E-state index is -0.374. The number of carbonyl (C=O) groups excluding carboxylic acids is 1. The Morgan fingerprint density at radius 1 is 0.952 bits per heavy atom. The molecule has 2 heteroatoms. The van der Waals surface area contributed by atoms with Crippen molar-refractivity contribution in [2.75, 3.05) is 0 Å². The molecule has 21 heavy (non-hydrogen) atoms. The van der Waals surface area contributed by atoms with E-state index >= 15 is 0 Å². The van der Waals surface area contributed by atoms with E-state index in [-0.39, 0.29) is 5.91 Å². The van der Waals surface area contributed by atoms with Gasteiger partial charge in [0.1, 0.15) is 0 Å². The Kier molecular flexibility index (Phi) is 14.1. The van der Waals surface area contributed by atoms with Crippen LogP contribution >= 0.6 is 0 Å². The molecule has 0 aromatic heterocycles. The minimum Gasteiger partial charge on any atom is -0.366 e. The molecule has 120 valence electrons. The van der Waals surface area contributed by atoms with Gasteiger partial charge < -0.3 is 5.73 Å². The molecular formula is C19H33NO. The molecule has 0 unspecified atom stereocenters. The number of hydrogen-bond acceptors (Lipinski definition) is 1. The molecule has 1 amide bonds. The number of primary amides is 1. The normalized spacial score (nSPS) is 12.6. The molecule has 0 bridgehead atoms. The molecule has 0 radical (unpaired) electrons. The van der Waals surface area contributed by atoms with E-state index in [1.807, 2.05) is 19.1 Å². The molecule has 0 spiro atoms. The van der Waals surface area contributed by atoms with Gasteiger partial charge in [0.05, 0.1) is 0 Å². The van der Waals surface area contributed by atoms with Gasteiger partial charge in [-0.3, -0.25) is 4.79 Å². The van der Waals surface area contributed by atoms with Gasteiger partial charge >= 0.3 is 0 Å². The van der Waals surface area contributed by atoms with Crippen molar-refractivity contribution in [3.63, 3.8) is 0 Å². The molecule has 2 nitrogen and oxygen atoms in total. The second-order valence-electron chi connectivity index (χ2n) is 5.53. The number of nitrogens with two attached hydrogens (primary N) is 1. The van der Waals surface area contributed by atoms with Gasteiger partial charge in [-0.05, 0) is 25.8 Å². The molecule has 0 atom stereocenters. The first-order chi connectivity index (χ1) is 10.2. The second-order valence-corrected chi connectivity index (χ2v) is 5.53. The molecule has 2 N–H and O–H groups in total. The van der Waals surface area contributed by atoms with Crippen LogP contribution in [0.1, 0.15) is 78.1 Å². The predicted octanol–water partition coefficient (Wildman–Crippen LogP) is 5.45. The highest BCUT2D eigenvalue weighted by Crippen LogP contribution is 2.10. The van der Waals surface area contributed by atoms with Crippen LogP contribution in [0.4, 0.5) is 0 Å². The summed E-state index contributed by atoms with van der Waals surface area (Å²) in [6, 6.07) is 0. The molecule has 0 aromatic rings. The smallest absolute Gasteiger partial charge is 0.248 e. The van der Waals surface area contributed by atoms with Crippen LogP contribution in [0.3, 0.4) is 0 Å². The van der Waals surface area contributed by atoms with Crippen LogP contribution in [0.2, 0.25) is 0 Å². The van der Waals surface area contributed by atoms with E-state index in [1.54, 1.807) is 12.2 Å². The summed E-state index contributed by atoms with van der Waals surface area (Å²) in [5.74, 6) is -0.374. The Morgan fingerprint density at radius 3 is 2.05 bits per heavy atom. The van der Waals surface area contributed by atoms with Crippen molar-refractivity contribution in [2.24, 2.45) is 5.73 Å². The van der Waals surface area contributed by atoms with Crippen molar-refractivity contribution < 1.29 is 4.79 Å².